The van der Waals surface area contributed by atoms with Gasteiger partial charge in [0.1, 0.15) is 0 Å². The van der Waals surface area contributed by atoms with Crippen LogP contribution in [-0.4, -0.2) is 0 Å². The number of nitrogens with zero attached hydrogens (tertiary/aromatic N) is 3. The molecule has 2 aliphatic heterocycles. The third kappa shape index (κ3) is 3.31. The third-order valence-corrected chi connectivity index (χ3v) is 8.68. The molecule has 0 atom stereocenters. The Bertz CT molecular complexity index is 1950. The third-order valence-electron chi connectivity index (χ3n) is 7.57. The van der Waals surface area contributed by atoms with Crippen molar-refractivity contribution in [1.82, 2.24) is 0 Å². The van der Waals surface area contributed by atoms with Crippen molar-refractivity contribution in [2.24, 2.45) is 0 Å². The van der Waals surface area contributed by atoms with Crippen molar-refractivity contribution >= 4 is 56.7 Å². The molecule has 0 aliphatic carbocycles. The van der Waals surface area contributed by atoms with E-state index in [2.05, 4.69) is 119 Å². The predicted octanol–water partition coefficient (Wildman–Crippen LogP) is 10.1. The molecule has 0 saturated heterocycles. The molecule has 3 nitrogen and oxygen atoms in total. The van der Waals surface area contributed by atoms with Gasteiger partial charge in [-0.3, -0.25) is 0 Å². The van der Waals surface area contributed by atoms with Crippen LogP contribution in [-0.2, 0) is 0 Å². The van der Waals surface area contributed by atoms with Crippen LogP contribution in [0.1, 0.15) is 5.56 Å². The van der Waals surface area contributed by atoms with Crippen molar-refractivity contribution < 1.29 is 0 Å². The number of hydrogen-bond donors (Lipinski definition) is 0. The normalized spacial score (nSPS) is 12.9. The molecule has 0 radical (unpaired) electrons. The minimum atomic E-state index is 0.657. The molecule has 0 bridgehead atoms. The Morgan fingerprint density at radius 2 is 1.21 bits per heavy atom. The molecule has 39 heavy (non-hydrogen) atoms. The summed E-state index contributed by atoms with van der Waals surface area (Å²) in [5.41, 5.74) is 9.94. The molecule has 2 aliphatic rings. The van der Waals surface area contributed by atoms with Crippen LogP contribution >= 0.6 is 11.8 Å². The van der Waals surface area contributed by atoms with Crippen molar-refractivity contribution in [1.29, 1.82) is 5.26 Å². The maximum atomic E-state index is 9.39. The number of para-hydroxylation sites is 2. The lowest BCUT2D eigenvalue weighted by atomic mass is 9.90. The highest BCUT2D eigenvalue weighted by molar-refractivity contribution is 7.99. The first-order valence-electron chi connectivity index (χ1n) is 12.9. The molecule has 6 aromatic rings. The van der Waals surface area contributed by atoms with E-state index in [1.54, 1.807) is 0 Å². The summed E-state index contributed by atoms with van der Waals surface area (Å²) in [6.07, 6.45) is 0. The van der Waals surface area contributed by atoms with Gasteiger partial charge in [-0.15, -0.1) is 0 Å². The monoisotopic (exact) mass is 515 g/mol. The smallest absolute Gasteiger partial charge is 0.0991 e. The van der Waals surface area contributed by atoms with Gasteiger partial charge in [0.05, 0.1) is 34.4 Å². The van der Waals surface area contributed by atoms with Crippen LogP contribution in [0.2, 0.25) is 0 Å². The number of benzene rings is 6. The highest BCUT2D eigenvalue weighted by Crippen LogP contribution is 2.58. The second-order valence-corrected chi connectivity index (χ2v) is 10.8. The molecule has 8 rings (SSSR count). The lowest BCUT2D eigenvalue weighted by molar-refractivity contribution is 1.16. The highest BCUT2D eigenvalue weighted by atomic mass is 32.2. The summed E-state index contributed by atoms with van der Waals surface area (Å²) in [5, 5.41) is 11.9. The van der Waals surface area contributed by atoms with E-state index in [9.17, 15) is 5.26 Å². The van der Waals surface area contributed by atoms with E-state index in [0.717, 1.165) is 28.4 Å². The second-order valence-electron chi connectivity index (χ2n) is 9.75. The van der Waals surface area contributed by atoms with Crippen LogP contribution in [0.3, 0.4) is 0 Å². The molecular formula is C35H21N3S. The van der Waals surface area contributed by atoms with E-state index in [1.165, 1.54) is 37.4 Å². The Labute approximate surface area is 231 Å². The number of nitriles is 1. The number of hydrogen-bond acceptors (Lipinski definition) is 4. The predicted molar refractivity (Wildman–Crippen MR) is 161 cm³/mol. The second kappa shape index (κ2) is 8.52. The molecule has 0 unspecified atom stereocenters. The quantitative estimate of drug-likeness (QED) is 0.229. The Hall–Kier alpha value is -4.98. The standard InChI is InChI=1S/C35H21N3S/c36-22-23-16-18-26(19-17-23)37-29-13-4-5-15-33(29)39-34-20-28-27-12-6-8-24-9-7-14-30(35(24)27)38(31(28)21-32(34)37)25-10-2-1-3-11-25/h1-21H. The molecular weight excluding hydrogens is 494 g/mol. The topological polar surface area (TPSA) is 30.3 Å². The van der Waals surface area contributed by atoms with Crippen LogP contribution in [0.4, 0.5) is 34.1 Å². The molecule has 0 aromatic heterocycles. The van der Waals surface area contributed by atoms with E-state index >= 15 is 0 Å². The Morgan fingerprint density at radius 1 is 0.513 bits per heavy atom. The maximum absolute atomic E-state index is 9.39. The maximum Gasteiger partial charge on any atom is 0.0991 e. The van der Waals surface area contributed by atoms with Gasteiger partial charge in [0.25, 0.3) is 0 Å². The van der Waals surface area contributed by atoms with Gasteiger partial charge in [0.15, 0.2) is 0 Å². The number of anilines is 6. The van der Waals surface area contributed by atoms with Crippen LogP contribution < -0.4 is 9.80 Å². The zero-order valence-electron chi connectivity index (χ0n) is 20.9. The van der Waals surface area contributed by atoms with Gasteiger partial charge in [-0.25, -0.2) is 0 Å². The van der Waals surface area contributed by atoms with Crippen LogP contribution in [0.15, 0.2) is 137 Å². The Kier molecular flexibility index (Phi) is 4.82. The first-order valence-corrected chi connectivity index (χ1v) is 13.7. The van der Waals surface area contributed by atoms with E-state index in [-0.39, 0.29) is 0 Å². The van der Waals surface area contributed by atoms with E-state index in [4.69, 9.17) is 0 Å². The van der Waals surface area contributed by atoms with E-state index < -0.39 is 0 Å². The molecule has 182 valence electrons. The summed E-state index contributed by atoms with van der Waals surface area (Å²) < 4.78 is 0. The zero-order valence-corrected chi connectivity index (χ0v) is 21.7. The largest absolute Gasteiger partial charge is 0.309 e. The van der Waals surface area contributed by atoms with Gasteiger partial charge in [0, 0.05) is 32.1 Å². The first-order chi connectivity index (χ1) is 19.3. The molecule has 2 heterocycles. The van der Waals surface area contributed by atoms with Gasteiger partial charge in [-0.1, -0.05) is 72.4 Å². The lowest BCUT2D eigenvalue weighted by Gasteiger charge is -2.38. The lowest BCUT2D eigenvalue weighted by Crippen LogP contribution is -2.19. The summed E-state index contributed by atoms with van der Waals surface area (Å²) in [6.45, 7) is 0. The summed E-state index contributed by atoms with van der Waals surface area (Å²) >= 11 is 1.82. The van der Waals surface area contributed by atoms with E-state index in [1.807, 2.05) is 36.0 Å². The summed E-state index contributed by atoms with van der Waals surface area (Å²) in [6, 6.07) is 47.2. The molecule has 0 amide bonds. The number of rotatable bonds is 2. The molecule has 0 fully saturated rings. The van der Waals surface area contributed by atoms with Crippen molar-refractivity contribution in [3.05, 3.63) is 133 Å². The summed E-state index contributed by atoms with van der Waals surface area (Å²) in [5.74, 6) is 0. The van der Waals surface area contributed by atoms with E-state index in [0.29, 0.717) is 5.56 Å². The van der Waals surface area contributed by atoms with Crippen LogP contribution in [0, 0.1) is 11.3 Å². The summed E-state index contributed by atoms with van der Waals surface area (Å²) in [7, 11) is 0. The SMILES string of the molecule is N#Cc1ccc(N2c3ccccc3Sc3cc4c(cc32)N(c2ccccc2)c2cccc3cccc-4c23)cc1. The Balaban J connectivity index is 1.43. The van der Waals surface area contributed by atoms with Gasteiger partial charge in [-0.05, 0) is 77.7 Å². The van der Waals surface area contributed by atoms with Gasteiger partial charge in [-0.2, -0.15) is 5.26 Å². The van der Waals surface area contributed by atoms with Gasteiger partial charge in [0.2, 0.25) is 0 Å². The van der Waals surface area contributed by atoms with Gasteiger partial charge >= 0.3 is 0 Å². The number of fused-ring (bicyclic) bond motifs is 4. The fourth-order valence-corrected chi connectivity index (χ4v) is 6.95. The van der Waals surface area contributed by atoms with Crippen molar-refractivity contribution in [2.75, 3.05) is 9.80 Å². The van der Waals surface area contributed by atoms with Crippen LogP contribution in [0.5, 0.6) is 0 Å². The fourth-order valence-electron chi connectivity index (χ4n) is 5.87. The van der Waals surface area contributed by atoms with Crippen molar-refractivity contribution in [2.45, 2.75) is 9.79 Å². The zero-order chi connectivity index (χ0) is 25.9. The molecule has 0 saturated carbocycles. The highest BCUT2D eigenvalue weighted by Gasteiger charge is 2.31. The average Bonchev–Trinajstić information content (AvgIpc) is 3.00. The molecule has 4 heteroatoms. The van der Waals surface area contributed by atoms with Crippen LogP contribution in [0.25, 0.3) is 21.9 Å². The van der Waals surface area contributed by atoms with Crippen molar-refractivity contribution in [3.63, 3.8) is 0 Å². The molecule has 0 N–H and O–H groups in total. The minimum absolute atomic E-state index is 0.657. The molecule has 6 aromatic carbocycles. The Morgan fingerprint density at radius 3 is 2.03 bits per heavy atom. The fraction of sp³-hybridized carbons (Fsp3) is 0. The summed E-state index contributed by atoms with van der Waals surface area (Å²) in [4.78, 5) is 7.14. The minimum Gasteiger partial charge on any atom is -0.309 e. The average molecular weight is 516 g/mol. The molecule has 0 spiro atoms. The van der Waals surface area contributed by atoms with Gasteiger partial charge < -0.3 is 9.80 Å². The van der Waals surface area contributed by atoms with Crippen molar-refractivity contribution in [3.8, 4) is 17.2 Å². The first kappa shape index (κ1) is 22.0.